The topological polar surface area (TPSA) is 64.3 Å². The summed E-state index contributed by atoms with van der Waals surface area (Å²) in [5.41, 5.74) is 0. The smallest absolute Gasteiger partial charge is 0.201 e. The van der Waals surface area contributed by atoms with E-state index in [0.29, 0.717) is 0 Å². The maximum atomic E-state index is 7.85. The molecular weight excluding hydrogens is 89.0 g/mol. The Kier molecular flexibility index (Phi) is 1.12. The highest BCUT2D eigenvalue weighted by Crippen LogP contribution is 2.27. The molecule has 0 amide bonds. The maximum Gasteiger partial charge on any atom is 0.201 e. The molecule has 0 aromatic rings. The molecule has 0 bridgehead atoms. The van der Waals surface area contributed by atoms with E-state index in [1.54, 1.807) is 0 Å². The van der Waals surface area contributed by atoms with Gasteiger partial charge in [-0.15, -0.1) is 0 Å². The molecule has 0 heterocycles. The van der Waals surface area contributed by atoms with Crippen LogP contribution in [0.25, 0.3) is 0 Å². The standard InChI is InChI=1S/CH6NO2P/c1-5(2,3)4/h1H3,(H3,2,3,4). The first kappa shape index (κ1) is 5.15. The van der Waals surface area contributed by atoms with Gasteiger partial charge in [-0.2, -0.15) is 0 Å². The van der Waals surface area contributed by atoms with Crippen LogP contribution < -0.4 is 0 Å². The van der Waals surface area contributed by atoms with E-state index in [0.717, 1.165) is 6.66 Å². The molecule has 0 unspecified atom stereocenters. The summed E-state index contributed by atoms with van der Waals surface area (Å²) in [7, 11) is -3.14. The summed E-state index contributed by atoms with van der Waals surface area (Å²) in [4.78, 5) is 15.7. The van der Waals surface area contributed by atoms with Crippen molar-refractivity contribution in [1.29, 1.82) is 5.16 Å². The Morgan fingerprint density at radius 3 is 1.60 bits per heavy atom. The molecule has 0 aliphatic carbocycles. The van der Waals surface area contributed by atoms with Crippen molar-refractivity contribution >= 4 is 7.51 Å². The first-order valence-electron chi connectivity index (χ1n) is 1.07. The molecule has 5 heavy (non-hydrogen) atoms. The molecule has 0 aromatic heterocycles. The van der Waals surface area contributed by atoms with Gasteiger partial charge in [0.15, 0.2) is 0 Å². The van der Waals surface area contributed by atoms with Gasteiger partial charge in [-0.3, -0.25) is 5.16 Å². The van der Waals surface area contributed by atoms with Gasteiger partial charge in [0.05, 0.1) is 0 Å². The van der Waals surface area contributed by atoms with Crippen molar-refractivity contribution in [3.63, 3.8) is 0 Å². The lowest BCUT2D eigenvalue weighted by Crippen LogP contribution is -1.63. The van der Waals surface area contributed by atoms with E-state index in [1.807, 2.05) is 0 Å². The molecule has 0 saturated heterocycles. The Labute approximate surface area is 30.3 Å². The summed E-state index contributed by atoms with van der Waals surface area (Å²) in [5.74, 6) is 0. The minimum atomic E-state index is -3.14. The fourth-order valence-electron chi connectivity index (χ4n) is 0. The number of nitrogens with one attached hydrogen (secondary N) is 1. The molecule has 0 atom stereocenters. The summed E-state index contributed by atoms with van der Waals surface area (Å²) in [6.45, 7) is 1.08. The minimum absolute atomic E-state index is 1.08. The predicted molar refractivity (Wildman–Crippen MR) is 20.0 cm³/mol. The number of hydrogen-bond donors (Lipinski definition) is 3. The van der Waals surface area contributed by atoms with Crippen LogP contribution in [0.4, 0.5) is 0 Å². The third-order valence-electron chi connectivity index (χ3n) is 0. The van der Waals surface area contributed by atoms with Crippen LogP contribution in [0.15, 0.2) is 0 Å². The van der Waals surface area contributed by atoms with Crippen molar-refractivity contribution in [1.82, 2.24) is 0 Å². The highest BCUT2D eigenvalue weighted by Gasteiger charge is 1.88. The lowest BCUT2D eigenvalue weighted by atomic mass is 12.0. The van der Waals surface area contributed by atoms with Gasteiger partial charge in [0.1, 0.15) is 0 Å². The van der Waals surface area contributed by atoms with E-state index >= 15 is 0 Å². The zero-order chi connectivity index (χ0) is 4.50. The molecular formula is CH6NO2P. The second kappa shape index (κ2) is 1.09. The van der Waals surface area contributed by atoms with Crippen LogP contribution in [0, 0.1) is 5.16 Å². The van der Waals surface area contributed by atoms with E-state index in [4.69, 9.17) is 14.9 Å². The molecule has 3 N–H and O–H groups in total. The lowest BCUT2D eigenvalue weighted by molar-refractivity contribution is 0.470. The first-order valence-corrected chi connectivity index (χ1v) is 3.21. The fourth-order valence-corrected chi connectivity index (χ4v) is 0. The van der Waals surface area contributed by atoms with Gasteiger partial charge in [0.2, 0.25) is 7.51 Å². The largest absolute Gasteiger partial charge is 0.340 e. The third-order valence-corrected chi connectivity index (χ3v) is 0. The van der Waals surface area contributed by atoms with Gasteiger partial charge in [0, 0.05) is 6.66 Å². The summed E-state index contributed by atoms with van der Waals surface area (Å²) >= 11 is 0. The highest BCUT2D eigenvalue weighted by molar-refractivity contribution is 7.52. The van der Waals surface area contributed by atoms with Crippen LogP contribution in [0.1, 0.15) is 0 Å². The molecule has 0 aliphatic rings. The monoisotopic (exact) mass is 95.0 g/mol. The Morgan fingerprint density at radius 1 is 1.60 bits per heavy atom. The maximum absolute atomic E-state index is 7.85. The van der Waals surface area contributed by atoms with E-state index in [-0.39, 0.29) is 0 Å². The van der Waals surface area contributed by atoms with Crippen molar-refractivity contribution in [2.45, 2.75) is 0 Å². The molecule has 0 aliphatic heterocycles. The molecule has 32 valence electrons. The van der Waals surface area contributed by atoms with Crippen molar-refractivity contribution in [2.75, 3.05) is 6.66 Å². The zero-order valence-corrected chi connectivity index (χ0v) is 3.74. The van der Waals surface area contributed by atoms with Gasteiger partial charge in [0.25, 0.3) is 0 Å². The average Bonchev–Trinajstić information content (AvgIpc) is 0.722. The molecule has 0 saturated carbocycles. The van der Waals surface area contributed by atoms with Gasteiger partial charge in [-0.1, -0.05) is 0 Å². The SMILES string of the molecule is CP(=N)(O)O. The lowest BCUT2D eigenvalue weighted by Gasteiger charge is -1.90. The normalized spacial score (nSPS) is 11.8. The van der Waals surface area contributed by atoms with Crippen molar-refractivity contribution in [3.8, 4) is 0 Å². The molecule has 0 rings (SSSR count). The zero-order valence-electron chi connectivity index (χ0n) is 2.84. The van der Waals surface area contributed by atoms with Crippen LogP contribution in [0.3, 0.4) is 0 Å². The van der Waals surface area contributed by atoms with Gasteiger partial charge in [-0.25, -0.2) is 0 Å². The van der Waals surface area contributed by atoms with Crippen molar-refractivity contribution in [2.24, 2.45) is 0 Å². The molecule has 0 spiro atoms. The molecule has 0 aromatic carbocycles. The van der Waals surface area contributed by atoms with Crippen LogP contribution >= 0.6 is 7.51 Å². The Hall–Kier alpha value is 0.150. The Morgan fingerprint density at radius 2 is 1.60 bits per heavy atom. The van der Waals surface area contributed by atoms with Crippen molar-refractivity contribution < 1.29 is 9.79 Å². The van der Waals surface area contributed by atoms with Crippen LogP contribution in [0.5, 0.6) is 0 Å². The molecule has 4 heteroatoms. The number of hydrogen-bond acceptors (Lipinski definition) is 1. The van der Waals surface area contributed by atoms with E-state index in [2.05, 4.69) is 0 Å². The first-order chi connectivity index (χ1) is 2.00. The van der Waals surface area contributed by atoms with E-state index in [1.165, 1.54) is 0 Å². The quantitative estimate of drug-likeness (QED) is 0.376. The van der Waals surface area contributed by atoms with E-state index < -0.39 is 7.51 Å². The average molecular weight is 95.0 g/mol. The molecule has 0 fully saturated rings. The molecule has 0 radical (unpaired) electrons. The van der Waals surface area contributed by atoms with E-state index in [9.17, 15) is 0 Å². The number of rotatable bonds is 0. The van der Waals surface area contributed by atoms with Crippen LogP contribution in [-0.2, 0) is 0 Å². The fraction of sp³-hybridized carbons (Fsp3) is 1.00. The third kappa shape index (κ3) is 853. The predicted octanol–water partition coefficient (Wildman–Crippen LogP) is 0.211. The summed E-state index contributed by atoms with van der Waals surface area (Å²) in [6, 6.07) is 0. The minimum Gasteiger partial charge on any atom is -0.340 e. The van der Waals surface area contributed by atoms with Crippen LogP contribution in [-0.4, -0.2) is 16.5 Å². The highest BCUT2D eigenvalue weighted by atomic mass is 31.2. The van der Waals surface area contributed by atoms with Gasteiger partial charge in [-0.05, 0) is 0 Å². The van der Waals surface area contributed by atoms with Crippen molar-refractivity contribution in [3.05, 3.63) is 0 Å². The Balaban J connectivity index is 3.47. The Bertz CT molecular complexity index is 55.8. The second-order valence-electron chi connectivity index (χ2n) is 0.913. The van der Waals surface area contributed by atoms with Crippen LogP contribution in [0.2, 0.25) is 0 Å². The summed E-state index contributed by atoms with van der Waals surface area (Å²) < 4.78 is 0. The van der Waals surface area contributed by atoms with Gasteiger partial charge < -0.3 is 9.79 Å². The molecule has 3 nitrogen and oxygen atoms in total. The second-order valence-corrected chi connectivity index (χ2v) is 2.74. The summed E-state index contributed by atoms with van der Waals surface area (Å²) in [6.07, 6.45) is 0. The van der Waals surface area contributed by atoms with Gasteiger partial charge >= 0.3 is 0 Å². The summed E-state index contributed by atoms with van der Waals surface area (Å²) in [5, 5.41) is 6.16.